The smallest absolute Gasteiger partial charge is 0.246 e. The summed E-state index contributed by atoms with van der Waals surface area (Å²) in [6.45, 7) is 3.71. The molecule has 28 heavy (non-hydrogen) atoms. The predicted octanol–water partition coefficient (Wildman–Crippen LogP) is 2.57. The average Bonchev–Trinajstić information content (AvgIpc) is 3.20. The number of aliphatic hydroxyl groups is 1. The lowest BCUT2D eigenvalue weighted by atomic mass is 9.99. The van der Waals surface area contributed by atoms with Crippen LogP contribution in [-0.2, 0) is 10.4 Å². The van der Waals surface area contributed by atoms with Gasteiger partial charge in [-0.1, -0.05) is 0 Å². The van der Waals surface area contributed by atoms with E-state index in [1.165, 1.54) is 11.3 Å². The summed E-state index contributed by atoms with van der Waals surface area (Å²) in [4.78, 5) is 16.0. The quantitative estimate of drug-likeness (QED) is 0.319. The molecule has 1 amide bonds. The van der Waals surface area contributed by atoms with Crippen LogP contribution in [0.15, 0.2) is 34.0 Å². The number of thiophene rings is 1. The number of nitrogens with zero attached hydrogens (tertiary/aromatic N) is 1. The standard InChI is InChI=1S/C18H21F3N4O2S/c1-3-22-17(24-10-18(2,27)11-6-7-28-9-11)23-8-14(26)25-13-5-4-12(19)15(20)16(13)21/h4-7,9,27H,3,8,10H2,1-2H3,(H,25,26)(H2,22,23,24). The number of hydrogen-bond donors (Lipinski definition) is 4. The van der Waals surface area contributed by atoms with Crippen molar-refractivity contribution in [3.05, 3.63) is 52.0 Å². The van der Waals surface area contributed by atoms with E-state index in [1.54, 1.807) is 13.0 Å². The van der Waals surface area contributed by atoms with Gasteiger partial charge in [0.15, 0.2) is 23.4 Å². The van der Waals surface area contributed by atoms with Crippen molar-refractivity contribution in [2.45, 2.75) is 19.4 Å². The highest BCUT2D eigenvalue weighted by Gasteiger charge is 2.23. The van der Waals surface area contributed by atoms with Gasteiger partial charge in [-0.05, 0) is 48.4 Å². The number of anilines is 1. The average molecular weight is 414 g/mol. The first-order valence-corrected chi connectivity index (χ1v) is 9.39. The zero-order valence-corrected chi connectivity index (χ0v) is 16.2. The highest BCUT2D eigenvalue weighted by Crippen LogP contribution is 2.22. The van der Waals surface area contributed by atoms with Crippen molar-refractivity contribution in [2.75, 3.05) is 25.0 Å². The third kappa shape index (κ3) is 5.70. The lowest BCUT2D eigenvalue weighted by Gasteiger charge is -2.24. The van der Waals surface area contributed by atoms with E-state index in [4.69, 9.17) is 0 Å². The minimum atomic E-state index is -1.66. The van der Waals surface area contributed by atoms with E-state index >= 15 is 0 Å². The molecule has 1 atom stereocenters. The van der Waals surface area contributed by atoms with Gasteiger partial charge in [0, 0.05) is 6.54 Å². The summed E-state index contributed by atoms with van der Waals surface area (Å²) in [6.07, 6.45) is 0. The number of rotatable bonds is 7. The summed E-state index contributed by atoms with van der Waals surface area (Å²) in [6, 6.07) is 3.45. The molecule has 0 bridgehead atoms. The molecule has 1 aromatic heterocycles. The largest absolute Gasteiger partial charge is 0.384 e. The Morgan fingerprint density at radius 2 is 1.96 bits per heavy atom. The van der Waals surface area contributed by atoms with Crippen molar-refractivity contribution < 1.29 is 23.1 Å². The maximum Gasteiger partial charge on any atom is 0.246 e. The number of aliphatic imine (C=N–C) groups is 1. The van der Waals surface area contributed by atoms with E-state index in [2.05, 4.69) is 20.9 Å². The van der Waals surface area contributed by atoms with Gasteiger partial charge in [0.25, 0.3) is 0 Å². The van der Waals surface area contributed by atoms with Gasteiger partial charge in [-0.25, -0.2) is 18.2 Å². The van der Waals surface area contributed by atoms with Crippen LogP contribution in [-0.4, -0.2) is 36.6 Å². The van der Waals surface area contributed by atoms with Gasteiger partial charge < -0.3 is 21.1 Å². The maximum atomic E-state index is 13.6. The summed E-state index contributed by atoms with van der Waals surface area (Å²) in [5.74, 6) is -4.93. The Hall–Kier alpha value is -2.59. The minimum absolute atomic E-state index is 0.134. The highest BCUT2D eigenvalue weighted by atomic mass is 32.1. The van der Waals surface area contributed by atoms with Crippen LogP contribution in [0.25, 0.3) is 0 Å². The summed E-state index contributed by atoms with van der Waals surface area (Å²) < 4.78 is 39.8. The second-order valence-electron chi connectivity index (χ2n) is 6.11. The fraction of sp³-hybridized carbons (Fsp3) is 0.333. The third-order valence-electron chi connectivity index (χ3n) is 3.78. The molecule has 0 aliphatic carbocycles. The Kier molecular flexibility index (Phi) is 7.41. The molecular weight excluding hydrogens is 393 g/mol. The molecule has 1 unspecified atom stereocenters. The van der Waals surface area contributed by atoms with Gasteiger partial charge in [0.05, 0.1) is 12.2 Å². The topological polar surface area (TPSA) is 85.8 Å². The molecule has 10 heteroatoms. The zero-order valence-electron chi connectivity index (χ0n) is 15.4. The van der Waals surface area contributed by atoms with Crippen LogP contribution in [0, 0.1) is 17.5 Å². The van der Waals surface area contributed by atoms with Crippen molar-refractivity contribution in [1.29, 1.82) is 0 Å². The Balaban J connectivity index is 1.98. The van der Waals surface area contributed by atoms with Crippen LogP contribution in [0.4, 0.5) is 18.9 Å². The third-order valence-corrected chi connectivity index (χ3v) is 4.46. The molecule has 0 saturated carbocycles. The van der Waals surface area contributed by atoms with Gasteiger partial charge >= 0.3 is 0 Å². The van der Waals surface area contributed by atoms with Gasteiger partial charge in [-0.15, -0.1) is 0 Å². The number of carbonyl (C=O) groups excluding carboxylic acids is 1. The molecule has 2 aromatic rings. The summed E-state index contributed by atoms with van der Waals surface area (Å²) in [7, 11) is 0. The second-order valence-corrected chi connectivity index (χ2v) is 6.89. The molecule has 152 valence electrons. The second kappa shape index (κ2) is 9.56. The molecule has 1 aromatic carbocycles. The van der Waals surface area contributed by atoms with Crippen molar-refractivity contribution in [3.8, 4) is 0 Å². The summed E-state index contributed by atoms with van der Waals surface area (Å²) in [5, 5.41) is 22.2. The maximum absolute atomic E-state index is 13.6. The van der Waals surface area contributed by atoms with E-state index < -0.39 is 41.2 Å². The van der Waals surface area contributed by atoms with Gasteiger partial charge in [0.1, 0.15) is 12.1 Å². The number of hydrogen-bond acceptors (Lipinski definition) is 4. The Morgan fingerprint density at radius 1 is 1.21 bits per heavy atom. The lowest BCUT2D eigenvalue weighted by Crippen LogP contribution is -2.44. The normalized spacial score (nSPS) is 13.7. The van der Waals surface area contributed by atoms with Crippen molar-refractivity contribution in [3.63, 3.8) is 0 Å². The molecular formula is C18H21F3N4O2S. The Bertz CT molecular complexity index is 842. The number of halogens is 3. The molecule has 6 nitrogen and oxygen atoms in total. The molecule has 2 rings (SSSR count). The molecule has 0 fully saturated rings. The molecule has 0 aliphatic heterocycles. The zero-order chi connectivity index (χ0) is 20.7. The van der Waals surface area contributed by atoms with Crippen molar-refractivity contribution in [2.24, 2.45) is 4.99 Å². The van der Waals surface area contributed by atoms with E-state index in [-0.39, 0.29) is 12.5 Å². The highest BCUT2D eigenvalue weighted by molar-refractivity contribution is 7.08. The Morgan fingerprint density at radius 3 is 2.61 bits per heavy atom. The molecule has 0 aliphatic rings. The number of benzene rings is 1. The number of carbonyl (C=O) groups is 1. The molecule has 4 N–H and O–H groups in total. The van der Waals surface area contributed by atoms with E-state index in [1.807, 2.05) is 17.7 Å². The van der Waals surface area contributed by atoms with E-state index in [0.29, 0.717) is 6.54 Å². The van der Waals surface area contributed by atoms with Crippen LogP contribution in [0.5, 0.6) is 0 Å². The van der Waals surface area contributed by atoms with Crippen LogP contribution in [0.1, 0.15) is 19.4 Å². The van der Waals surface area contributed by atoms with E-state index in [0.717, 1.165) is 17.7 Å². The van der Waals surface area contributed by atoms with Crippen LogP contribution >= 0.6 is 11.3 Å². The summed E-state index contributed by atoms with van der Waals surface area (Å²) in [5.41, 5.74) is -0.877. The number of amides is 1. The van der Waals surface area contributed by atoms with Gasteiger partial charge in [0.2, 0.25) is 5.91 Å². The van der Waals surface area contributed by atoms with Crippen LogP contribution in [0.2, 0.25) is 0 Å². The first-order chi connectivity index (χ1) is 13.2. The fourth-order valence-corrected chi connectivity index (χ4v) is 3.02. The first-order valence-electron chi connectivity index (χ1n) is 8.45. The number of guanidine groups is 1. The molecule has 0 spiro atoms. The summed E-state index contributed by atoms with van der Waals surface area (Å²) >= 11 is 1.46. The number of nitrogens with one attached hydrogen (secondary N) is 3. The van der Waals surface area contributed by atoms with Crippen LogP contribution < -0.4 is 16.0 Å². The first kappa shape index (κ1) is 21.7. The SMILES string of the molecule is CCNC(=NCC(=O)Nc1ccc(F)c(F)c1F)NCC(C)(O)c1ccsc1. The molecule has 0 saturated heterocycles. The predicted molar refractivity (Wildman–Crippen MR) is 103 cm³/mol. The monoisotopic (exact) mass is 414 g/mol. The minimum Gasteiger partial charge on any atom is -0.384 e. The molecule has 1 heterocycles. The molecule has 0 radical (unpaired) electrons. The van der Waals surface area contributed by atoms with Crippen LogP contribution in [0.3, 0.4) is 0 Å². The van der Waals surface area contributed by atoms with Gasteiger partial charge in [-0.3, -0.25) is 4.79 Å². The lowest BCUT2D eigenvalue weighted by molar-refractivity contribution is -0.114. The fourth-order valence-electron chi connectivity index (χ4n) is 2.23. The Labute approximate surface area is 164 Å². The van der Waals surface area contributed by atoms with Gasteiger partial charge in [-0.2, -0.15) is 11.3 Å². The van der Waals surface area contributed by atoms with Crippen molar-refractivity contribution >= 4 is 28.9 Å². The van der Waals surface area contributed by atoms with Crippen molar-refractivity contribution in [1.82, 2.24) is 10.6 Å². The van der Waals surface area contributed by atoms with E-state index in [9.17, 15) is 23.1 Å².